The number of nitro benzene ring substituents is 1. The van der Waals surface area contributed by atoms with Crippen molar-refractivity contribution in [2.45, 2.75) is 25.9 Å². The Morgan fingerprint density at radius 1 is 1.50 bits per heavy atom. The van der Waals surface area contributed by atoms with Gasteiger partial charge in [-0.05, 0) is 24.5 Å². The minimum absolute atomic E-state index is 0.181. The summed E-state index contributed by atoms with van der Waals surface area (Å²) in [4.78, 5) is 10.2. The first-order chi connectivity index (χ1) is 6.66. The molecule has 0 spiro atoms. The molecule has 0 amide bonds. The van der Waals surface area contributed by atoms with Gasteiger partial charge in [-0.2, -0.15) is 0 Å². The molecule has 74 valence electrons. The van der Waals surface area contributed by atoms with Crippen molar-refractivity contribution in [1.82, 2.24) is 5.32 Å². The van der Waals surface area contributed by atoms with Crippen molar-refractivity contribution < 1.29 is 4.92 Å². The number of non-ortho nitro benzene ring substituents is 1. The first-order valence-corrected chi connectivity index (χ1v) is 4.66. The highest BCUT2D eigenvalue weighted by molar-refractivity contribution is 5.41. The monoisotopic (exact) mass is 192 g/mol. The molecule has 0 bridgehead atoms. The third-order valence-electron chi connectivity index (χ3n) is 2.57. The van der Waals surface area contributed by atoms with E-state index in [0.717, 1.165) is 18.5 Å². The molecule has 4 nitrogen and oxygen atoms in total. The molecule has 14 heavy (non-hydrogen) atoms. The number of nitro groups is 1. The molecule has 1 aliphatic rings. The molecule has 0 saturated carbocycles. The zero-order chi connectivity index (χ0) is 10.1. The van der Waals surface area contributed by atoms with Crippen LogP contribution in [-0.2, 0) is 13.0 Å². The van der Waals surface area contributed by atoms with Gasteiger partial charge in [0.15, 0.2) is 0 Å². The Balaban J connectivity index is 2.36. The van der Waals surface area contributed by atoms with Crippen LogP contribution in [-0.4, -0.2) is 11.0 Å². The van der Waals surface area contributed by atoms with E-state index >= 15 is 0 Å². The van der Waals surface area contributed by atoms with Crippen LogP contribution >= 0.6 is 0 Å². The number of benzene rings is 1. The second-order valence-corrected chi connectivity index (χ2v) is 3.70. The molecule has 1 aromatic carbocycles. The molecule has 2 rings (SSSR count). The lowest BCUT2D eigenvalue weighted by atomic mass is 9.96. The molecule has 4 heteroatoms. The molecule has 0 aliphatic carbocycles. The van der Waals surface area contributed by atoms with Crippen LogP contribution in [0.5, 0.6) is 0 Å². The highest BCUT2D eigenvalue weighted by Gasteiger charge is 2.16. The maximum atomic E-state index is 10.5. The lowest BCUT2D eigenvalue weighted by molar-refractivity contribution is -0.384. The maximum absolute atomic E-state index is 10.5. The number of hydrogen-bond donors (Lipinski definition) is 1. The molecule has 0 aromatic heterocycles. The van der Waals surface area contributed by atoms with E-state index in [1.165, 1.54) is 5.56 Å². The van der Waals surface area contributed by atoms with Gasteiger partial charge in [-0.3, -0.25) is 10.1 Å². The lowest BCUT2D eigenvalue weighted by Crippen LogP contribution is -2.32. The number of fused-ring (bicyclic) bond motifs is 1. The van der Waals surface area contributed by atoms with Gasteiger partial charge in [0.25, 0.3) is 5.69 Å². The fourth-order valence-corrected chi connectivity index (χ4v) is 1.78. The summed E-state index contributed by atoms with van der Waals surface area (Å²) < 4.78 is 0. The van der Waals surface area contributed by atoms with E-state index in [1.807, 2.05) is 6.07 Å². The highest BCUT2D eigenvalue weighted by Crippen LogP contribution is 2.21. The van der Waals surface area contributed by atoms with Gasteiger partial charge in [-0.25, -0.2) is 0 Å². The maximum Gasteiger partial charge on any atom is 0.269 e. The van der Waals surface area contributed by atoms with Gasteiger partial charge in [0.1, 0.15) is 0 Å². The quantitative estimate of drug-likeness (QED) is 0.543. The molecule has 1 atom stereocenters. The van der Waals surface area contributed by atoms with Gasteiger partial charge in [0.2, 0.25) is 0 Å². The van der Waals surface area contributed by atoms with E-state index in [2.05, 4.69) is 12.2 Å². The van der Waals surface area contributed by atoms with Crippen molar-refractivity contribution in [3.8, 4) is 0 Å². The Morgan fingerprint density at radius 2 is 2.29 bits per heavy atom. The molecular formula is C10H12N2O2. The van der Waals surface area contributed by atoms with Gasteiger partial charge < -0.3 is 5.32 Å². The van der Waals surface area contributed by atoms with Crippen LogP contribution in [0.4, 0.5) is 5.69 Å². The van der Waals surface area contributed by atoms with E-state index in [1.54, 1.807) is 12.1 Å². The molecule has 1 N–H and O–H groups in total. The Bertz CT molecular complexity index is 376. The molecule has 0 fully saturated rings. The molecule has 1 heterocycles. The molecule has 1 aromatic rings. The first kappa shape index (κ1) is 9.15. The number of nitrogens with one attached hydrogen (secondary N) is 1. The van der Waals surface area contributed by atoms with Crippen LogP contribution in [0.2, 0.25) is 0 Å². The fraction of sp³-hybridized carbons (Fsp3) is 0.400. The molecular weight excluding hydrogens is 180 g/mol. The topological polar surface area (TPSA) is 55.2 Å². The van der Waals surface area contributed by atoms with E-state index in [9.17, 15) is 10.1 Å². The zero-order valence-electron chi connectivity index (χ0n) is 7.99. The predicted molar refractivity (Wildman–Crippen MR) is 53.1 cm³/mol. The predicted octanol–water partition coefficient (Wildman–Crippen LogP) is 1.63. The smallest absolute Gasteiger partial charge is 0.269 e. The van der Waals surface area contributed by atoms with Gasteiger partial charge >= 0.3 is 0 Å². The molecule has 0 radical (unpaired) electrons. The summed E-state index contributed by atoms with van der Waals surface area (Å²) in [6.07, 6.45) is 0.952. The molecule has 1 aliphatic heterocycles. The van der Waals surface area contributed by atoms with E-state index in [4.69, 9.17) is 0 Å². The lowest BCUT2D eigenvalue weighted by Gasteiger charge is -2.22. The van der Waals surface area contributed by atoms with Crippen LogP contribution in [0.3, 0.4) is 0 Å². The average Bonchev–Trinajstić information content (AvgIpc) is 2.16. The minimum Gasteiger partial charge on any atom is -0.310 e. The first-order valence-electron chi connectivity index (χ1n) is 4.66. The summed E-state index contributed by atoms with van der Waals surface area (Å²) in [5, 5.41) is 13.8. The van der Waals surface area contributed by atoms with Crippen molar-refractivity contribution in [2.75, 3.05) is 0 Å². The van der Waals surface area contributed by atoms with Crippen molar-refractivity contribution in [1.29, 1.82) is 0 Å². The van der Waals surface area contributed by atoms with Crippen LogP contribution in [0, 0.1) is 10.1 Å². The largest absolute Gasteiger partial charge is 0.310 e. The van der Waals surface area contributed by atoms with Gasteiger partial charge in [-0.15, -0.1) is 0 Å². The highest BCUT2D eigenvalue weighted by atomic mass is 16.6. The Hall–Kier alpha value is -1.42. The van der Waals surface area contributed by atoms with Gasteiger partial charge in [-0.1, -0.05) is 6.07 Å². The van der Waals surface area contributed by atoms with Crippen molar-refractivity contribution in [2.24, 2.45) is 0 Å². The Morgan fingerprint density at radius 3 is 3.00 bits per heavy atom. The van der Waals surface area contributed by atoms with E-state index in [0.29, 0.717) is 6.04 Å². The average molecular weight is 192 g/mol. The normalized spacial score (nSPS) is 20.2. The summed E-state index contributed by atoms with van der Waals surface area (Å²) in [5.74, 6) is 0. The third kappa shape index (κ3) is 1.61. The summed E-state index contributed by atoms with van der Waals surface area (Å²) in [7, 11) is 0. The summed E-state index contributed by atoms with van der Waals surface area (Å²) >= 11 is 0. The second-order valence-electron chi connectivity index (χ2n) is 3.70. The number of rotatable bonds is 1. The number of hydrogen-bond acceptors (Lipinski definition) is 3. The van der Waals surface area contributed by atoms with E-state index in [-0.39, 0.29) is 10.6 Å². The SMILES string of the molecule is C[C@@H]1Cc2ccc([N+](=O)[O-])cc2CN1. The second kappa shape index (κ2) is 3.38. The Kier molecular flexibility index (Phi) is 2.21. The molecule has 0 unspecified atom stereocenters. The summed E-state index contributed by atoms with van der Waals surface area (Å²) in [6, 6.07) is 5.57. The van der Waals surface area contributed by atoms with Crippen LogP contribution in [0.15, 0.2) is 18.2 Å². The van der Waals surface area contributed by atoms with Crippen molar-refractivity contribution in [3.63, 3.8) is 0 Å². The van der Waals surface area contributed by atoms with Crippen LogP contribution in [0.1, 0.15) is 18.1 Å². The van der Waals surface area contributed by atoms with Crippen molar-refractivity contribution >= 4 is 5.69 Å². The summed E-state index contributed by atoms with van der Waals surface area (Å²) in [6.45, 7) is 2.85. The Labute approximate surface area is 82.1 Å². The fourth-order valence-electron chi connectivity index (χ4n) is 1.78. The summed E-state index contributed by atoms with van der Waals surface area (Å²) in [5.41, 5.74) is 2.46. The molecule has 0 saturated heterocycles. The number of nitrogens with zero attached hydrogens (tertiary/aromatic N) is 1. The van der Waals surface area contributed by atoms with Gasteiger partial charge in [0, 0.05) is 24.7 Å². The minimum atomic E-state index is -0.349. The standard InChI is InChI=1S/C10H12N2O2/c1-7-4-8-2-3-10(12(13)14)5-9(8)6-11-7/h2-3,5,7,11H,4,6H2,1H3/t7-/m1/s1. The third-order valence-corrected chi connectivity index (χ3v) is 2.57. The van der Waals surface area contributed by atoms with Crippen molar-refractivity contribution in [3.05, 3.63) is 39.4 Å². The van der Waals surface area contributed by atoms with Gasteiger partial charge in [0.05, 0.1) is 4.92 Å². The zero-order valence-corrected chi connectivity index (χ0v) is 7.99. The van der Waals surface area contributed by atoms with Crippen LogP contribution < -0.4 is 5.32 Å². The van der Waals surface area contributed by atoms with Crippen LogP contribution in [0.25, 0.3) is 0 Å². The van der Waals surface area contributed by atoms with E-state index < -0.39 is 0 Å².